The number of amides is 2. The predicted molar refractivity (Wildman–Crippen MR) is 108 cm³/mol. The van der Waals surface area contributed by atoms with Gasteiger partial charge in [-0.1, -0.05) is 26.2 Å². The van der Waals surface area contributed by atoms with Gasteiger partial charge < -0.3 is 15.4 Å². The van der Waals surface area contributed by atoms with Crippen LogP contribution in [0.15, 0.2) is 18.3 Å². The van der Waals surface area contributed by atoms with E-state index in [4.69, 9.17) is 10.5 Å². The lowest BCUT2D eigenvalue weighted by molar-refractivity contribution is -0.139. The Balaban J connectivity index is 1.51. The fourth-order valence-corrected chi connectivity index (χ4v) is 4.50. The van der Waals surface area contributed by atoms with Gasteiger partial charge in [0, 0.05) is 24.7 Å². The molecule has 1 aromatic rings. The molecular weight excluding hydrogens is 354 g/mol. The summed E-state index contributed by atoms with van der Waals surface area (Å²) in [7, 11) is 0. The van der Waals surface area contributed by atoms with Crippen molar-refractivity contribution in [2.75, 3.05) is 13.1 Å². The number of aromatic nitrogens is 1. The van der Waals surface area contributed by atoms with E-state index in [-0.39, 0.29) is 17.7 Å². The summed E-state index contributed by atoms with van der Waals surface area (Å²) in [6.07, 6.45) is 11.6. The minimum Gasteiger partial charge on any atom is -0.488 e. The molecule has 1 saturated heterocycles. The lowest BCUT2D eigenvalue weighted by Crippen LogP contribution is -2.47. The van der Waals surface area contributed by atoms with E-state index in [2.05, 4.69) is 11.9 Å². The van der Waals surface area contributed by atoms with Crippen molar-refractivity contribution in [1.82, 2.24) is 9.88 Å². The first-order valence-electron chi connectivity index (χ1n) is 10.8. The number of piperidine rings is 1. The monoisotopic (exact) mass is 387 g/mol. The zero-order chi connectivity index (χ0) is 19.9. The lowest BCUT2D eigenvalue weighted by atomic mass is 9.79. The van der Waals surface area contributed by atoms with Crippen LogP contribution in [0.4, 0.5) is 0 Å². The molecule has 28 heavy (non-hydrogen) atoms. The summed E-state index contributed by atoms with van der Waals surface area (Å²) < 4.78 is 6.03. The van der Waals surface area contributed by atoms with Gasteiger partial charge in [-0.15, -0.1) is 0 Å². The summed E-state index contributed by atoms with van der Waals surface area (Å²) in [6, 6.07) is 3.30. The molecule has 2 N–H and O–H groups in total. The van der Waals surface area contributed by atoms with Gasteiger partial charge in [-0.3, -0.25) is 14.6 Å². The molecule has 2 aliphatic rings. The molecule has 1 aliphatic heterocycles. The number of rotatable bonds is 7. The maximum atomic E-state index is 13.0. The predicted octanol–water partition coefficient (Wildman–Crippen LogP) is 3.55. The third kappa shape index (κ3) is 5.46. The molecule has 3 rings (SSSR count). The molecule has 0 radical (unpaired) electrons. The minimum atomic E-state index is -0.569. The first-order chi connectivity index (χ1) is 13.6. The van der Waals surface area contributed by atoms with Gasteiger partial charge in [0.25, 0.3) is 5.91 Å². The van der Waals surface area contributed by atoms with Gasteiger partial charge in [0.05, 0.1) is 6.54 Å². The zero-order valence-corrected chi connectivity index (χ0v) is 16.9. The van der Waals surface area contributed by atoms with Crippen LogP contribution in [0.3, 0.4) is 0 Å². The standard InChI is InChI=1S/C22H33N3O3/c1-2-3-5-16-7-9-17(10-8-16)22(27)25-13-4-6-19(15-25)28-18-11-12-24-20(14-18)21(23)26/h11-12,14,16-17,19H,2-10,13,15H2,1H3,(H2,23,26). The second-order valence-electron chi connectivity index (χ2n) is 8.27. The zero-order valence-electron chi connectivity index (χ0n) is 16.9. The summed E-state index contributed by atoms with van der Waals surface area (Å²) >= 11 is 0. The van der Waals surface area contributed by atoms with Crippen molar-refractivity contribution in [3.8, 4) is 5.75 Å². The van der Waals surface area contributed by atoms with E-state index in [1.54, 1.807) is 12.1 Å². The second kappa shape index (κ2) is 9.89. The number of nitrogens with two attached hydrogens (primary N) is 1. The molecule has 1 unspecified atom stereocenters. The van der Waals surface area contributed by atoms with Crippen molar-refractivity contribution in [3.05, 3.63) is 24.0 Å². The molecule has 1 atom stereocenters. The summed E-state index contributed by atoms with van der Waals surface area (Å²) in [5.41, 5.74) is 5.48. The van der Waals surface area contributed by atoms with Crippen molar-refractivity contribution in [3.63, 3.8) is 0 Å². The number of nitrogens with zero attached hydrogens (tertiary/aromatic N) is 2. The highest BCUT2D eigenvalue weighted by atomic mass is 16.5. The average molecular weight is 388 g/mol. The summed E-state index contributed by atoms with van der Waals surface area (Å²) in [5, 5.41) is 0. The normalized spacial score (nSPS) is 25.3. The van der Waals surface area contributed by atoms with Gasteiger partial charge in [0.1, 0.15) is 17.5 Å². The van der Waals surface area contributed by atoms with E-state index in [1.165, 1.54) is 38.3 Å². The summed E-state index contributed by atoms with van der Waals surface area (Å²) in [5.74, 6) is 1.31. The van der Waals surface area contributed by atoms with Crippen LogP contribution in [0.25, 0.3) is 0 Å². The number of carbonyl (C=O) groups excluding carboxylic acids is 2. The molecule has 0 aromatic carbocycles. The Labute approximate surface area is 167 Å². The maximum Gasteiger partial charge on any atom is 0.267 e. The smallest absolute Gasteiger partial charge is 0.267 e. The molecular formula is C22H33N3O3. The van der Waals surface area contributed by atoms with Crippen molar-refractivity contribution < 1.29 is 14.3 Å². The molecule has 6 nitrogen and oxygen atoms in total. The number of hydrogen-bond donors (Lipinski definition) is 1. The topological polar surface area (TPSA) is 85.5 Å². The number of carbonyl (C=O) groups is 2. The molecule has 1 aliphatic carbocycles. The number of hydrogen-bond acceptors (Lipinski definition) is 4. The Hall–Kier alpha value is -2.11. The molecule has 2 heterocycles. The highest BCUT2D eigenvalue weighted by Crippen LogP contribution is 2.33. The molecule has 2 amide bonds. The summed E-state index contributed by atoms with van der Waals surface area (Å²) in [4.78, 5) is 30.2. The largest absolute Gasteiger partial charge is 0.488 e. The Morgan fingerprint density at radius 3 is 2.75 bits per heavy atom. The van der Waals surface area contributed by atoms with Gasteiger partial charge >= 0.3 is 0 Å². The number of likely N-dealkylation sites (tertiary alicyclic amines) is 1. The molecule has 0 bridgehead atoms. The fourth-order valence-electron chi connectivity index (χ4n) is 4.50. The number of pyridine rings is 1. The van der Waals surface area contributed by atoms with Gasteiger partial charge in [-0.2, -0.15) is 0 Å². The third-order valence-corrected chi connectivity index (χ3v) is 6.14. The average Bonchev–Trinajstić information content (AvgIpc) is 2.72. The van der Waals surface area contributed by atoms with E-state index >= 15 is 0 Å². The molecule has 0 spiro atoms. The lowest BCUT2D eigenvalue weighted by Gasteiger charge is -2.37. The van der Waals surface area contributed by atoms with Crippen molar-refractivity contribution >= 4 is 11.8 Å². The Morgan fingerprint density at radius 2 is 2.04 bits per heavy atom. The molecule has 2 fully saturated rings. The molecule has 1 aromatic heterocycles. The van der Waals surface area contributed by atoms with Crippen LogP contribution in [0, 0.1) is 11.8 Å². The van der Waals surface area contributed by atoms with Crippen LogP contribution in [-0.4, -0.2) is 40.9 Å². The maximum absolute atomic E-state index is 13.0. The number of ether oxygens (including phenoxy) is 1. The fraction of sp³-hybridized carbons (Fsp3) is 0.682. The van der Waals surface area contributed by atoms with E-state index in [1.807, 2.05) is 4.90 Å². The highest BCUT2D eigenvalue weighted by Gasteiger charge is 2.32. The van der Waals surface area contributed by atoms with Crippen molar-refractivity contribution in [2.45, 2.75) is 70.8 Å². The first-order valence-corrected chi connectivity index (χ1v) is 10.8. The third-order valence-electron chi connectivity index (χ3n) is 6.14. The SMILES string of the molecule is CCCCC1CCC(C(=O)N2CCCC(Oc3ccnc(C(N)=O)c3)C2)CC1. The highest BCUT2D eigenvalue weighted by molar-refractivity contribution is 5.91. The Bertz CT molecular complexity index is 671. The molecule has 6 heteroatoms. The van der Waals surface area contributed by atoms with Gasteiger partial charge in [0.2, 0.25) is 5.91 Å². The quantitative estimate of drug-likeness (QED) is 0.775. The Morgan fingerprint density at radius 1 is 1.25 bits per heavy atom. The van der Waals surface area contributed by atoms with Crippen LogP contribution in [0.2, 0.25) is 0 Å². The van der Waals surface area contributed by atoms with Crippen LogP contribution < -0.4 is 10.5 Å². The molecule has 1 saturated carbocycles. The van der Waals surface area contributed by atoms with Crippen molar-refractivity contribution in [1.29, 1.82) is 0 Å². The van der Waals surface area contributed by atoms with Crippen molar-refractivity contribution in [2.24, 2.45) is 17.6 Å². The first kappa shape index (κ1) is 20.6. The van der Waals surface area contributed by atoms with E-state index < -0.39 is 5.91 Å². The van der Waals surface area contributed by atoms with Gasteiger partial charge in [-0.25, -0.2) is 0 Å². The van der Waals surface area contributed by atoms with Gasteiger partial charge in [0.15, 0.2) is 0 Å². The van der Waals surface area contributed by atoms with E-state index in [9.17, 15) is 9.59 Å². The van der Waals surface area contributed by atoms with Crippen LogP contribution in [-0.2, 0) is 4.79 Å². The summed E-state index contributed by atoms with van der Waals surface area (Å²) in [6.45, 7) is 3.67. The van der Waals surface area contributed by atoms with Crippen LogP contribution in [0.1, 0.15) is 75.2 Å². The minimum absolute atomic E-state index is 0.0540. The van der Waals surface area contributed by atoms with E-state index in [0.29, 0.717) is 18.2 Å². The number of unbranched alkanes of at least 4 members (excludes halogenated alkanes) is 1. The molecule has 154 valence electrons. The second-order valence-corrected chi connectivity index (χ2v) is 8.27. The van der Waals surface area contributed by atoms with Crippen LogP contribution in [0.5, 0.6) is 5.75 Å². The van der Waals surface area contributed by atoms with Crippen LogP contribution >= 0.6 is 0 Å². The Kier molecular flexibility index (Phi) is 7.29. The number of primary amides is 1. The van der Waals surface area contributed by atoms with Gasteiger partial charge in [-0.05, 0) is 50.5 Å². The van der Waals surface area contributed by atoms with E-state index in [0.717, 1.165) is 38.1 Å².